The molecule has 0 unspecified atom stereocenters. The van der Waals surface area contributed by atoms with Crippen LogP contribution < -0.4 is 9.62 Å². The number of hydrogen-bond acceptors (Lipinski definition) is 9. The van der Waals surface area contributed by atoms with Gasteiger partial charge in [-0.3, -0.25) is 4.72 Å². The van der Waals surface area contributed by atoms with E-state index in [2.05, 4.69) is 29.8 Å². The average molecular weight is 511 g/mol. The Labute approximate surface area is 210 Å². The molecule has 0 atom stereocenters. The highest BCUT2D eigenvalue weighted by Crippen LogP contribution is 2.54. The molecule has 0 radical (unpaired) electrons. The average Bonchev–Trinajstić information content (AvgIpc) is 3.78. The Morgan fingerprint density at radius 1 is 1.08 bits per heavy atom. The molecule has 0 amide bonds. The quantitative estimate of drug-likeness (QED) is 0.467. The zero-order valence-electron chi connectivity index (χ0n) is 20.3. The van der Waals surface area contributed by atoms with Gasteiger partial charge in [-0.2, -0.15) is 0 Å². The third-order valence-electron chi connectivity index (χ3n) is 7.44. The lowest BCUT2D eigenvalue weighted by atomic mass is 9.93. The standard InChI is InChI=1S/C25H30N6O4S/c1-16-14-20(27-22(26-16)17-2-3-17)24-29-28-23(35-24)19-5-4-18(30-36(33,34)13-12-32)15-21(19)31-10-8-25(6-7-25)9-11-31/h4-5,14-15,17,30,32H,2-3,6-13H2,1H3. The van der Waals surface area contributed by atoms with Gasteiger partial charge in [0.15, 0.2) is 0 Å². The lowest BCUT2D eigenvalue weighted by molar-refractivity contribution is 0.320. The van der Waals surface area contributed by atoms with Crippen LogP contribution in [0.3, 0.4) is 0 Å². The van der Waals surface area contributed by atoms with Gasteiger partial charge in [0.1, 0.15) is 11.5 Å². The minimum Gasteiger partial charge on any atom is -0.415 e. The highest BCUT2D eigenvalue weighted by molar-refractivity contribution is 7.92. The summed E-state index contributed by atoms with van der Waals surface area (Å²) in [6, 6.07) is 7.16. The first-order valence-electron chi connectivity index (χ1n) is 12.5. The summed E-state index contributed by atoms with van der Waals surface area (Å²) < 4.78 is 33.2. The number of nitrogens with zero attached hydrogens (tertiary/aromatic N) is 5. The number of nitrogens with one attached hydrogen (secondary N) is 1. The van der Waals surface area contributed by atoms with Gasteiger partial charge < -0.3 is 14.4 Å². The van der Waals surface area contributed by atoms with Crippen LogP contribution in [0.5, 0.6) is 0 Å². The number of aliphatic hydroxyl groups excluding tert-OH is 1. The number of rotatable bonds is 8. The SMILES string of the molecule is Cc1cc(-c2nnc(-c3ccc(NS(=O)(=O)CCO)cc3N3CCC4(CC3)CC4)o2)nc(C2CC2)n1. The molecule has 1 spiro atoms. The third-order valence-corrected chi connectivity index (χ3v) is 8.71. The monoisotopic (exact) mass is 510 g/mol. The van der Waals surface area contributed by atoms with Crippen molar-refractivity contribution in [1.29, 1.82) is 0 Å². The molecule has 0 bridgehead atoms. The number of anilines is 2. The lowest BCUT2D eigenvalue weighted by Crippen LogP contribution is -2.34. The van der Waals surface area contributed by atoms with E-state index < -0.39 is 16.6 Å². The Morgan fingerprint density at radius 3 is 2.53 bits per heavy atom. The van der Waals surface area contributed by atoms with Crippen molar-refractivity contribution in [2.75, 3.05) is 35.1 Å². The predicted octanol–water partition coefficient (Wildman–Crippen LogP) is 3.49. The second-order valence-electron chi connectivity index (χ2n) is 10.3. The van der Waals surface area contributed by atoms with Crippen LogP contribution in [-0.4, -0.2) is 59.1 Å². The lowest BCUT2D eigenvalue weighted by Gasteiger charge is -2.35. The van der Waals surface area contributed by atoms with E-state index in [4.69, 9.17) is 9.52 Å². The van der Waals surface area contributed by atoms with Gasteiger partial charge in [0.25, 0.3) is 5.89 Å². The van der Waals surface area contributed by atoms with E-state index in [1.165, 1.54) is 12.8 Å². The summed E-state index contributed by atoms with van der Waals surface area (Å²) in [6.07, 6.45) is 7.03. The molecule has 2 saturated carbocycles. The molecule has 3 heterocycles. The van der Waals surface area contributed by atoms with Crippen molar-refractivity contribution in [2.45, 2.75) is 51.4 Å². The minimum atomic E-state index is -3.64. The highest BCUT2D eigenvalue weighted by atomic mass is 32.2. The summed E-state index contributed by atoms with van der Waals surface area (Å²) in [7, 11) is -3.64. The van der Waals surface area contributed by atoms with Gasteiger partial charge in [0, 0.05) is 24.7 Å². The zero-order valence-corrected chi connectivity index (χ0v) is 21.1. The van der Waals surface area contributed by atoms with Gasteiger partial charge in [0.2, 0.25) is 15.9 Å². The molecule has 3 fully saturated rings. The topological polar surface area (TPSA) is 134 Å². The number of aryl methyl sites for hydroxylation is 1. The van der Waals surface area contributed by atoms with E-state index in [9.17, 15) is 8.42 Å². The Morgan fingerprint density at radius 2 is 1.83 bits per heavy atom. The molecule has 3 aromatic rings. The number of aromatic nitrogens is 4. The molecule has 2 aromatic heterocycles. The largest absolute Gasteiger partial charge is 0.415 e. The van der Waals surface area contributed by atoms with E-state index in [0.29, 0.717) is 34.5 Å². The molecule has 3 aliphatic rings. The third kappa shape index (κ3) is 4.81. The van der Waals surface area contributed by atoms with Crippen LogP contribution in [0.25, 0.3) is 23.0 Å². The summed E-state index contributed by atoms with van der Waals surface area (Å²) >= 11 is 0. The minimum absolute atomic E-state index is 0.339. The first-order chi connectivity index (χ1) is 17.3. The Bertz CT molecular complexity index is 1390. The maximum atomic E-state index is 12.3. The summed E-state index contributed by atoms with van der Waals surface area (Å²) in [5.41, 5.74) is 4.02. The highest BCUT2D eigenvalue weighted by Gasteiger charge is 2.44. The van der Waals surface area contributed by atoms with Crippen LogP contribution >= 0.6 is 0 Å². The number of benzene rings is 1. The second kappa shape index (κ2) is 8.81. The maximum Gasteiger partial charge on any atom is 0.266 e. The first-order valence-corrected chi connectivity index (χ1v) is 14.2. The first kappa shape index (κ1) is 23.4. The molecule has 2 aliphatic carbocycles. The van der Waals surface area contributed by atoms with Gasteiger partial charge in [-0.15, -0.1) is 10.2 Å². The zero-order chi connectivity index (χ0) is 24.9. The number of hydrogen-bond donors (Lipinski definition) is 2. The van der Waals surface area contributed by atoms with Crippen molar-refractivity contribution in [2.24, 2.45) is 5.41 Å². The summed E-state index contributed by atoms with van der Waals surface area (Å²) in [5, 5.41) is 17.7. The number of aliphatic hydroxyl groups is 1. The van der Waals surface area contributed by atoms with Crippen molar-refractivity contribution < 1.29 is 17.9 Å². The Balaban J connectivity index is 1.34. The molecule has 190 valence electrons. The predicted molar refractivity (Wildman–Crippen MR) is 135 cm³/mol. The molecule has 11 heteroatoms. The Kier molecular flexibility index (Phi) is 5.71. The van der Waals surface area contributed by atoms with E-state index in [0.717, 1.165) is 61.5 Å². The molecule has 1 aromatic carbocycles. The fraction of sp³-hybridized carbons (Fsp3) is 0.520. The molecule has 10 nitrogen and oxygen atoms in total. The van der Waals surface area contributed by atoms with Gasteiger partial charge >= 0.3 is 0 Å². The van der Waals surface area contributed by atoms with Crippen LogP contribution in [0.1, 0.15) is 56.0 Å². The Hall–Kier alpha value is -3.05. The summed E-state index contributed by atoms with van der Waals surface area (Å²) in [5.74, 6) is 1.58. The normalized spacial score (nSPS) is 19.0. The van der Waals surface area contributed by atoms with Gasteiger partial charge in [0.05, 0.1) is 29.3 Å². The van der Waals surface area contributed by atoms with Crippen molar-refractivity contribution in [3.05, 3.63) is 35.8 Å². The van der Waals surface area contributed by atoms with Crippen LogP contribution in [0.4, 0.5) is 11.4 Å². The van der Waals surface area contributed by atoms with E-state index in [1.54, 1.807) is 6.07 Å². The van der Waals surface area contributed by atoms with Crippen molar-refractivity contribution in [3.63, 3.8) is 0 Å². The number of sulfonamides is 1. The van der Waals surface area contributed by atoms with Gasteiger partial charge in [-0.1, -0.05) is 0 Å². The maximum absolute atomic E-state index is 12.3. The summed E-state index contributed by atoms with van der Waals surface area (Å²) in [6.45, 7) is 3.27. The van der Waals surface area contributed by atoms with Crippen LogP contribution in [-0.2, 0) is 10.0 Å². The van der Waals surface area contributed by atoms with Gasteiger partial charge in [-0.25, -0.2) is 18.4 Å². The molecule has 6 rings (SSSR count). The second-order valence-corrected chi connectivity index (χ2v) is 12.1. The molecule has 36 heavy (non-hydrogen) atoms. The molecule has 1 aliphatic heterocycles. The van der Waals surface area contributed by atoms with E-state index in [-0.39, 0.29) is 5.75 Å². The van der Waals surface area contributed by atoms with Crippen LogP contribution in [0, 0.1) is 12.3 Å². The molecular weight excluding hydrogens is 480 g/mol. The van der Waals surface area contributed by atoms with Crippen LogP contribution in [0.15, 0.2) is 28.7 Å². The fourth-order valence-corrected chi connectivity index (χ4v) is 5.78. The molecule has 1 saturated heterocycles. The van der Waals surface area contributed by atoms with Crippen LogP contribution in [0.2, 0.25) is 0 Å². The van der Waals surface area contributed by atoms with Crippen molar-refractivity contribution >= 4 is 21.4 Å². The van der Waals surface area contributed by atoms with Crippen molar-refractivity contribution in [1.82, 2.24) is 20.2 Å². The number of piperidine rings is 1. The molecular formula is C25H30N6O4S. The van der Waals surface area contributed by atoms with Gasteiger partial charge in [-0.05, 0) is 75.1 Å². The summed E-state index contributed by atoms with van der Waals surface area (Å²) in [4.78, 5) is 11.5. The smallest absolute Gasteiger partial charge is 0.266 e. The fourth-order valence-electron chi connectivity index (χ4n) is 4.95. The van der Waals surface area contributed by atoms with Crippen molar-refractivity contribution in [3.8, 4) is 23.0 Å². The van der Waals surface area contributed by atoms with E-state index in [1.807, 2.05) is 25.1 Å². The van der Waals surface area contributed by atoms with E-state index >= 15 is 0 Å². The molecule has 2 N–H and O–H groups in total.